The van der Waals surface area contributed by atoms with E-state index in [-0.39, 0.29) is 28.9 Å². The number of piperidine rings is 1. The lowest BCUT2D eigenvalue weighted by Crippen LogP contribution is -2.54. The molecule has 0 radical (unpaired) electrons. The summed E-state index contributed by atoms with van der Waals surface area (Å²) >= 11 is 5.96. The molecule has 0 aromatic heterocycles. The second kappa shape index (κ2) is 7.11. The van der Waals surface area contributed by atoms with Crippen LogP contribution in [0.15, 0.2) is 18.2 Å². The zero-order valence-corrected chi connectivity index (χ0v) is 13.3. The lowest BCUT2D eigenvalue weighted by Gasteiger charge is -2.33. The maximum absolute atomic E-state index is 12.3. The highest BCUT2D eigenvalue weighted by atomic mass is 35.5. The molecule has 1 aliphatic rings. The molecule has 1 saturated heterocycles. The van der Waals surface area contributed by atoms with Crippen LogP contribution in [0.3, 0.4) is 0 Å². The van der Waals surface area contributed by atoms with Gasteiger partial charge in [0.25, 0.3) is 0 Å². The van der Waals surface area contributed by atoms with Crippen molar-refractivity contribution in [3.63, 3.8) is 0 Å². The van der Waals surface area contributed by atoms with E-state index in [1.54, 1.807) is 6.07 Å². The summed E-state index contributed by atoms with van der Waals surface area (Å²) < 4.78 is 0. The summed E-state index contributed by atoms with van der Waals surface area (Å²) in [6.45, 7) is 2.73. The van der Waals surface area contributed by atoms with Gasteiger partial charge in [-0.2, -0.15) is 0 Å². The van der Waals surface area contributed by atoms with Gasteiger partial charge in [-0.3, -0.25) is 9.59 Å². The molecule has 1 atom stereocenters. The van der Waals surface area contributed by atoms with Gasteiger partial charge < -0.3 is 16.4 Å². The van der Waals surface area contributed by atoms with Crippen LogP contribution in [0.2, 0.25) is 5.02 Å². The molecule has 0 aliphatic carbocycles. The van der Waals surface area contributed by atoms with Crippen LogP contribution in [0, 0.1) is 0 Å². The first kappa shape index (κ1) is 17.8. The standard InChI is InChI=1S/C14H18ClN3O2.ClH/c1-14(6-2-3-7-17-14)13(20)18-9-4-5-10(12(16)19)11(15)8-9;/h4-5,8,17H,2-3,6-7H2,1H3,(H2,16,19)(H,18,20);1H. The molecule has 5 nitrogen and oxygen atoms in total. The van der Waals surface area contributed by atoms with E-state index in [1.165, 1.54) is 12.1 Å². The highest BCUT2D eigenvalue weighted by Crippen LogP contribution is 2.24. The molecule has 1 heterocycles. The van der Waals surface area contributed by atoms with Gasteiger partial charge in [0, 0.05) is 5.69 Å². The van der Waals surface area contributed by atoms with Gasteiger partial charge in [-0.15, -0.1) is 12.4 Å². The van der Waals surface area contributed by atoms with Gasteiger partial charge >= 0.3 is 0 Å². The van der Waals surface area contributed by atoms with Crippen LogP contribution < -0.4 is 16.4 Å². The highest BCUT2D eigenvalue weighted by molar-refractivity contribution is 6.34. The smallest absolute Gasteiger partial charge is 0.250 e. The number of carbonyl (C=O) groups excluding carboxylic acids is 2. The first-order chi connectivity index (χ1) is 9.42. The van der Waals surface area contributed by atoms with Gasteiger partial charge in [0.05, 0.1) is 16.1 Å². The van der Waals surface area contributed by atoms with Crippen molar-refractivity contribution in [1.82, 2.24) is 5.32 Å². The normalized spacial score (nSPS) is 21.2. The molecule has 1 unspecified atom stereocenters. The average Bonchev–Trinajstić information content (AvgIpc) is 2.39. The van der Waals surface area contributed by atoms with E-state index < -0.39 is 11.4 Å². The molecule has 0 spiro atoms. The summed E-state index contributed by atoms with van der Waals surface area (Å²) in [5.41, 5.74) is 5.42. The van der Waals surface area contributed by atoms with Crippen molar-refractivity contribution in [2.75, 3.05) is 11.9 Å². The second-order valence-corrected chi connectivity index (χ2v) is 5.64. The van der Waals surface area contributed by atoms with E-state index in [9.17, 15) is 9.59 Å². The minimum Gasteiger partial charge on any atom is -0.366 e. The molecule has 1 fully saturated rings. The summed E-state index contributed by atoms with van der Waals surface area (Å²) in [5, 5.41) is 6.30. The molecule has 2 rings (SSSR count). The lowest BCUT2D eigenvalue weighted by molar-refractivity contribution is -0.122. The van der Waals surface area contributed by atoms with Crippen LogP contribution in [0.4, 0.5) is 5.69 Å². The summed E-state index contributed by atoms with van der Waals surface area (Å²) in [6, 6.07) is 4.67. The second-order valence-electron chi connectivity index (χ2n) is 5.23. The Bertz CT molecular complexity index is 543. The van der Waals surface area contributed by atoms with E-state index >= 15 is 0 Å². The largest absolute Gasteiger partial charge is 0.366 e. The topological polar surface area (TPSA) is 84.2 Å². The Morgan fingerprint density at radius 2 is 2.10 bits per heavy atom. The van der Waals surface area contributed by atoms with Gasteiger partial charge in [0.1, 0.15) is 0 Å². The number of primary amides is 1. The van der Waals surface area contributed by atoms with Crippen LogP contribution >= 0.6 is 24.0 Å². The number of carbonyl (C=O) groups is 2. The fraction of sp³-hybridized carbons (Fsp3) is 0.429. The summed E-state index contributed by atoms with van der Waals surface area (Å²) in [6.07, 6.45) is 2.91. The van der Waals surface area contributed by atoms with Crippen LogP contribution in [0.1, 0.15) is 36.5 Å². The van der Waals surface area contributed by atoms with Crippen LogP contribution in [-0.2, 0) is 4.79 Å². The van der Waals surface area contributed by atoms with Gasteiger partial charge in [-0.25, -0.2) is 0 Å². The predicted octanol–water partition coefficient (Wildman–Crippen LogP) is 2.33. The minimum atomic E-state index is -0.589. The van der Waals surface area contributed by atoms with Crippen molar-refractivity contribution in [3.05, 3.63) is 28.8 Å². The van der Waals surface area contributed by atoms with Crippen LogP contribution in [-0.4, -0.2) is 23.9 Å². The van der Waals surface area contributed by atoms with Crippen LogP contribution in [0.25, 0.3) is 0 Å². The summed E-state index contributed by atoms with van der Waals surface area (Å²) in [5.74, 6) is -0.686. The molecule has 1 aromatic carbocycles. The number of hydrogen-bond acceptors (Lipinski definition) is 3. The molecule has 0 saturated carbocycles. The molecule has 7 heteroatoms. The van der Waals surface area contributed by atoms with E-state index in [2.05, 4.69) is 10.6 Å². The molecule has 116 valence electrons. The number of nitrogens with two attached hydrogens (primary N) is 1. The van der Waals surface area contributed by atoms with Gasteiger partial charge in [-0.05, 0) is 50.9 Å². The SMILES string of the molecule is CC1(C(=O)Nc2ccc(C(N)=O)c(Cl)c2)CCCCN1.Cl. The maximum atomic E-state index is 12.3. The monoisotopic (exact) mass is 331 g/mol. The van der Waals surface area contributed by atoms with Crippen molar-refractivity contribution in [2.24, 2.45) is 5.73 Å². The molecule has 21 heavy (non-hydrogen) atoms. The maximum Gasteiger partial charge on any atom is 0.250 e. The van der Waals surface area contributed by atoms with E-state index in [0.717, 1.165) is 25.8 Å². The zero-order chi connectivity index (χ0) is 14.8. The van der Waals surface area contributed by atoms with Crippen molar-refractivity contribution < 1.29 is 9.59 Å². The minimum absolute atomic E-state index is 0. The number of benzene rings is 1. The Hall–Kier alpha value is -1.30. The molecule has 1 aromatic rings. The highest BCUT2D eigenvalue weighted by Gasteiger charge is 2.34. The Morgan fingerprint density at radius 3 is 2.62 bits per heavy atom. The number of anilines is 1. The Morgan fingerprint density at radius 1 is 1.38 bits per heavy atom. The first-order valence-corrected chi connectivity index (χ1v) is 6.96. The van der Waals surface area contributed by atoms with Crippen LogP contribution in [0.5, 0.6) is 0 Å². The first-order valence-electron chi connectivity index (χ1n) is 6.58. The number of hydrogen-bond donors (Lipinski definition) is 3. The average molecular weight is 332 g/mol. The fourth-order valence-electron chi connectivity index (χ4n) is 2.31. The molecule has 0 bridgehead atoms. The van der Waals surface area contributed by atoms with Crippen molar-refractivity contribution >= 4 is 41.5 Å². The molecular formula is C14H19Cl2N3O2. The van der Waals surface area contributed by atoms with Gasteiger partial charge in [0.2, 0.25) is 11.8 Å². The Balaban J connectivity index is 0.00000220. The summed E-state index contributed by atoms with van der Waals surface area (Å²) in [7, 11) is 0. The molecule has 4 N–H and O–H groups in total. The number of rotatable bonds is 3. The Kier molecular flexibility index (Phi) is 6.01. The third kappa shape index (κ3) is 4.09. The van der Waals surface area contributed by atoms with Crippen molar-refractivity contribution in [3.8, 4) is 0 Å². The third-order valence-corrected chi connectivity index (χ3v) is 3.92. The van der Waals surface area contributed by atoms with Crippen molar-refractivity contribution in [1.29, 1.82) is 0 Å². The van der Waals surface area contributed by atoms with Gasteiger partial charge in [-0.1, -0.05) is 11.6 Å². The summed E-state index contributed by atoms with van der Waals surface area (Å²) in [4.78, 5) is 23.4. The number of amides is 2. The quantitative estimate of drug-likeness (QED) is 0.794. The molecular weight excluding hydrogens is 313 g/mol. The molecule has 1 aliphatic heterocycles. The van der Waals surface area contributed by atoms with E-state index in [4.69, 9.17) is 17.3 Å². The lowest BCUT2D eigenvalue weighted by atomic mass is 9.90. The van der Waals surface area contributed by atoms with Gasteiger partial charge in [0.15, 0.2) is 0 Å². The predicted molar refractivity (Wildman–Crippen MR) is 86.1 cm³/mol. The third-order valence-electron chi connectivity index (χ3n) is 3.61. The molecule has 2 amide bonds. The number of halogens is 2. The number of nitrogens with one attached hydrogen (secondary N) is 2. The van der Waals surface area contributed by atoms with Crippen molar-refractivity contribution in [2.45, 2.75) is 31.7 Å². The fourth-order valence-corrected chi connectivity index (χ4v) is 2.59. The van der Waals surface area contributed by atoms with E-state index in [1.807, 2.05) is 6.92 Å². The van der Waals surface area contributed by atoms with E-state index in [0.29, 0.717) is 5.69 Å². The Labute approximate surface area is 135 Å². The zero-order valence-electron chi connectivity index (χ0n) is 11.7.